The number of aliphatic imine (C=N–C) groups is 1. The molecule has 0 spiro atoms. The third kappa shape index (κ3) is 4.30. The number of thioether (sulfide) groups is 1. The fourth-order valence-electron chi connectivity index (χ4n) is 2.09. The Morgan fingerprint density at radius 2 is 2.32 bits per heavy atom. The second-order valence-corrected chi connectivity index (χ2v) is 6.25. The van der Waals surface area contributed by atoms with Crippen molar-refractivity contribution in [1.82, 2.24) is 5.32 Å². The summed E-state index contributed by atoms with van der Waals surface area (Å²) in [6.07, 6.45) is 2.26. The molecule has 1 aromatic rings. The zero-order valence-electron chi connectivity index (χ0n) is 12.8. The quantitative estimate of drug-likeness (QED) is 0.623. The van der Waals surface area contributed by atoms with Crippen LogP contribution in [0.25, 0.3) is 0 Å². The van der Waals surface area contributed by atoms with E-state index in [1.807, 2.05) is 19.1 Å². The van der Waals surface area contributed by atoms with E-state index in [1.54, 1.807) is 6.07 Å². The van der Waals surface area contributed by atoms with Gasteiger partial charge in [-0.1, -0.05) is 30.3 Å². The first-order chi connectivity index (χ1) is 10.6. The number of anilines is 1. The molecule has 0 saturated carbocycles. The largest absolute Gasteiger partial charge is 0.385 e. The second kappa shape index (κ2) is 7.93. The number of aryl methyl sites for hydroxylation is 1. The Hall–Kier alpha value is -1.89. The predicted octanol–water partition coefficient (Wildman–Crippen LogP) is 3.13. The summed E-state index contributed by atoms with van der Waals surface area (Å²) in [5.41, 5.74) is 2.51. The fourth-order valence-corrected chi connectivity index (χ4v) is 2.84. The van der Waals surface area contributed by atoms with Gasteiger partial charge in [0, 0.05) is 17.8 Å². The van der Waals surface area contributed by atoms with Gasteiger partial charge in [-0.3, -0.25) is 9.79 Å². The minimum atomic E-state index is -0.429. The van der Waals surface area contributed by atoms with Crippen LogP contribution < -0.4 is 10.6 Å². The first-order valence-electron chi connectivity index (χ1n) is 7.33. The van der Waals surface area contributed by atoms with Crippen molar-refractivity contribution in [2.75, 3.05) is 18.4 Å². The van der Waals surface area contributed by atoms with E-state index in [-0.39, 0.29) is 5.91 Å². The van der Waals surface area contributed by atoms with E-state index in [0.29, 0.717) is 17.3 Å². The number of carbonyl (C=O) groups is 1. The maximum absolute atomic E-state index is 12.3. The third-order valence-electron chi connectivity index (χ3n) is 3.31. The number of benzene rings is 1. The molecule has 0 aromatic heterocycles. The normalized spacial score (nSPS) is 17.0. The number of carbonyl (C=O) groups excluding carboxylic acids is 1. The summed E-state index contributed by atoms with van der Waals surface area (Å²) in [5.74, 6) is -0.213. The molecule has 0 radical (unpaired) electrons. The van der Waals surface area contributed by atoms with E-state index >= 15 is 0 Å². The van der Waals surface area contributed by atoms with Gasteiger partial charge in [0.1, 0.15) is 0 Å². The number of amides is 1. The molecule has 0 saturated heterocycles. The van der Waals surface area contributed by atoms with Crippen molar-refractivity contribution < 1.29 is 4.79 Å². The molecule has 1 aliphatic rings. The summed E-state index contributed by atoms with van der Waals surface area (Å²) in [5, 5.41) is 9.01. The average molecular weight is 320 g/mol. The van der Waals surface area contributed by atoms with Crippen LogP contribution in [0.15, 0.2) is 28.4 Å². The molecule has 2 rings (SSSR count). The highest BCUT2D eigenvalue weighted by Crippen LogP contribution is 2.21. The minimum absolute atomic E-state index is 0.213. The predicted molar refractivity (Wildman–Crippen MR) is 91.5 cm³/mol. The number of amidine groups is 1. The van der Waals surface area contributed by atoms with Crippen LogP contribution in [0, 0.1) is 11.8 Å². The molecule has 0 aliphatic carbocycles. The molecule has 1 aliphatic heterocycles. The lowest BCUT2D eigenvalue weighted by molar-refractivity contribution is 0.0977. The Labute approximate surface area is 134 Å². The highest BCUT2D eigenvalue weighted by molar-refractivity contribution is 8.14. The Morgan fingerprint density at radius 3 is 2.95 bits per heavy atom. The molecular formula is C15H20N4O2S. The van der Waals surface area contributed by atoms with E-state index < -0.39 is 5.37 Å². The van der Waals surface area contributed by atoms with Crippen molar-refractivity contribution in [3.63, 3.8) is 0 Å². The molecule has 1 amide bonds. The van der Waals surface area contributed by atoms with Crippen molar-refractivity contribution in [3.8, 4) is 0 Å². The van der Waals surface area contributed by atoms with Gasteiger partial charge in [-0.05, 0) is 37.1 Å². The van der Waals surface area contributed by atoms with Crippen LogP contribution in [0.3, 0.4) is 0 Å². The van der Waals surface area contributed by atoms with Crippen LogP contribution in [-0.2, 0) is 0 Å². The van der Waals surface area contributed by atoms with Gasteiger partial charge in [-0.15, -0.1) is 4.91 Å². The van der Waals surface area contributed by atoms with Crippen molar-refractivity contribution in [1.29, 1.82) is 0 Å². The van der Waals surface area contributed by atoms with Gasteiger partial charge in [0.25, 0.3) is 5.91 Å². The summed E-state index contributed by atoms with van der Waals surface area (Å²) >= 11 is 1.18. The summed E-state index contributed by atoms with van der Waals surface area (Å²) in [6.45, 7) is 5.30. The second-order valence-electron chi connectivity index (χ2n) is 5.09. The first kappa shape index (κ1) is 16.5. The number of rotatable bonds is 6. The average Bonchev–Trinajstić information content (AvgIpc) is 2.95. The highest BCUT2D eigenvalue weighted by atomic mass is 32.2. The van der Waals surface area contributed by atoms with E-state index in [4.69, 9.17) is 0 Å². The zero-order valence-corrected chi connectivity index (χ0v) is 13.6. The molecular weight excluding hydrogens is 300 g/mol. The van der Waals surface area contributed by atoms with Gasteiger partial charge in [0.2, 0.25) is 0 Å². The number of unbranched alkanes of at least 4 members (excludes halogenated alkanes) is 1. The lowest BCUT2D eigenvalue weighted by Crippen LogP contribution is -2.28. The molecule has 2 N–H and O–H groups in total. The van der Waals surface area contributed by atoms with Gasteiger partial charge in [0.05, 0.1) is 6.54 Å². The Morgan fingerprint density at radius 1 is 1.50 bits per heavy atom. The van der Waals surface area contributed by atoms with Gasteiger partial charge >= 0.3 is 0 Å². The van der Waals surface area contributed by atoms with E-state index in [2.05, 4.69) is 27.7 Å². The molecule has 1 atom stereocenters. The third-order valence-corrected chi connectivity index (χ3v) is 4.27. The summed E-state index contributed by atoms with van der Waals surface area (Å²) in [6, 6.07) is 5.66. The molecule has 0 fully saturated rings. The number of hydrogen-bond donors (Lipinski definition) is 2. The topological polar surface area (TPSA) is 82.9 Å². The molecule has 7 heteroatoms. The van der Waals surface area contributed by atoms with Gasteiger partial charge in [0.15, 0.2) is 10.5 Å². The highest BCUT2D eigenvalue weighted by Gasteiger charge is 2.22. The van der Waals surface area contributed by atoms with E-state index in [9.17, 15) is 9.70 Å². The molecule has 6 nitrogen and oxygen atoms in total. The van der Waals surface area contributed by atoms with E-state index in [1.165, 1.54) is 11.8 Å². The fraction of sp³-hybridized carbons (Fsp3) is 0.467. The lowest BCUT2D eigenvalue weighted by atomic mass is 10.1. The molecule has 0 bridgehead atoms. The van der Waals surface area contributed by atoms with Crippen LogP contribution in [0.1, 0.15) is 35.7 Å². The number of nitrogens with zero attached hydrogens (tertiary/aromatic N) is 2. The maximum Gasteiger partial charge on any atom is 0.257 e. The SMILES string of the molecule is CCCCNc1ccc(C(=O)NC2=NCC(N=O)S2)c(C)c1. The van der Waals surface area contributed by atoms with Crippen molar-refractivity contribution in [3.05, 3.63) is 34.2 Å². The van der Waals surface area contributed by atoms with Crippen LogP contribution in [0.4, 0.5) is 5.69 Å². The Balaban J connectivity index is 1.97. The first-order valence-corrected chi connectivity index (χ1v) is 8.21. The molecule has 1 aromatic carbocycles. The molecule has 118 valence electrons. The lowest BCUT2D eigenvalue weighted by Gasteiger charge is -2.10. The smallest absolute Gasteiger partial charge is 0.257 e. The summed E-state index contributed by atoms with van der Waals surface area (Å²) in [4.78, 5) is 26.8. The molecule has 22 heavy (non-hydrogen) atoms. The minimum Gasteiger partial charge on any atom is -0.385 e. The molecule has 1 heterocycles. The van der Waals surface area contributed by atoms with Gasteiger partial charge < -0.3 is 10.6 Å². The van der Waals surface area contributed by atoms with Crippen molar-refractivity contribution >= 4 is 28.5 Å². The summed E-state index contributed by atoms with van der Waals surface area (Å²) in [7, 11) is 0. The van der Waals surface area contributed by atoms with Crippen LogP contribution in [-0.4, -0.2) is 29.5 Å². The van der Waals surface area contributed by atoms with Crippen LogP contribution >= 0.6 is 11.8 Å². The Kier molecular flexibility index (Phi) is 5.94. The van der Waals surface area contributed by atoms with Crippen LogP contribution in [0.5, 0.6) is 0 Å². The van der Waals surface area contributed by atoms with Crippen LogP contribution in [0.2, 0.25) is 0 Å². The summed E-state index contributed by atoms with van der Waals surface area (Å²) < 4.78 is 0. The van der Waals surface area contributed by atoms with Gasteiger partial charge in [-0.25, -0.2) is 0 Å². The monoisotopic (exact) mass is 320 g/mol. The maximum atomic E-state index is 12.3. The number of nitrogens with one attached hydrogen (secondary N) is 2. The Bertz CT molecular complexity index is 589. The molecule has 1 unspecified atom stereocenters. The van der Waals surface area contributed by atoms with Crippen molar-refractivity contribution in [2.24, 2.45) is 10.2 Å². The standard InChI is InChI=1S/C15H20N4O2S/c1-3-4-7-16-11-5-6-12(10(2)8-11)14(20)18-15-17-9-13(19-21)22-15/h5-6,8,13,16H,3-4,7,9H2,1-2H3,(H,17,18,20). The van der Waals surface area contributed by atoms with Gasteiger partial charge in [-0.2, -0.15) is 0 Å². The zero-order chi connectivity index (χ0) is 15.9. The number of nitroso groups, excluding NO2 is 1. The number of hydrogen-bond acceptors (Lipinski definition) is 6. The van der Waals surface area contributed by atoms with E-state index in [0.717, 1.165) is 30.6 Å². The van der Waals surface area contributed by atoms with Crippen molar-refractivity contribution in [2.45, 2.75) is 32.1 Å².